The van der Waals surface area contributed by atoms with Crippen molar-refractivity contribution in [2.75, 3.05) is 0 Å². The van der Waals surface area contributed by atoms with E-state index in [1.165, 1.54) is 0 Å². The number of nitrogens with zero attached hydrogens (tertiary/aromatic N) is 2. The molecule has 1 N–H and O–H groups in total. The van der Waals surface area contributed by atoms with Gasteiger partial charge >= 0.3 is 0 Å². The fourth-order valence-electron chi connectivity index (χ4n) is 2.73. The number of ether oxygens (including phenoxy) is 1. The SMILES string of the molecule is O[C@H]1[C@H](Oc2ccc(Cl)cc2)CCC[C@@H]1n1ccnc1. The lowest BCUT2D eigenvalue weighted by Gasteiger charge is -2.35. The van der Waals surface area contributed by atoms with Gasteiger partial charge in [0.1, 0.15) is 18.0 Å². The van der Waals surface area contributed by atoms with E-state index in [4.69, 9.17) is 16.3 Å². The van der Waals surface area contributed by atoms with E-state index in [1.54, 1.807) is 24.7 Å². The van der Waals surface area contributed by atoms with Crippen molar-refractivity contribution in [3.63, 3.8) is 0 Å². The fraction of sp³-hybridized carbons (Fsp3) is 0.400. The first-order valence-electron chi connectivity index (χ1n) is 6.82. The van der Waals surface area contributed by atoms with E-state index in [0.29, 0.717) is 5.02 Å². The van der Waals surface area contributed by atoms with Crippen LogP contribution in [0.5, 0.6) is 5.75 Å². The second-order valence-corrected chi connectivity index (χ2v) is 5.55. The predicted octanol–water partition coefficient (Wildman–Crippen LogP) is 3.07. The molecule has 0 unspecified atom stereocenters. The minimum absolute atomic E-state index is 0.0311. The number of aliphatic hydroxyl groups is 1. The topological polar surface area (TPSA) is 47.3 Å². The third-order valence-electron chi connectivity index (χ3n) is 3.77. The van der Waals surface area contributed by atoms with Gasteiger partial charge in [-0.15, -0.1) is 0 Å². The summed E-state index contributed by atoms with van der Waals surface area (Å²) < 4.78 is 7.87. The van der Waals surface area contributed by atoms with Gasteiger partial charge in [0, 0.05) is 17.4 Å². The van der Waals surface area contributed by atoms with Crippen LogP contribution in [-0.2, 0) is 0 Å². The Labute approximate surface area is 123 Å². The highest BCUT2D eigenvalue weighted by atomic mass is 35.5. The molecule has 1 aromatic carbocycles. The van der Waals surface area contributed by atoms with Gasteiger partial charge in [-0.2, -0.15) is 0 Å². The van der Waals surface area contributed by atoms with Gasteiger partial charge in [0.25, 0.3) is 0 Å². The lowest BCUT2D eigenvalue weighted by Crippen LogP contribution is -2.41. The summed E-state index contributed by atoms with van der Waals surface area (Å²) in [5, 5.41) is 11.2. The van der Waals surface area contributed by atoms with Gasteiger partial charge in [0.15, 0.2) is 0 Å². The van der Waals surface area contributed by atoms with E-state index < -0.39 is 6.10 Å². The second-order valence-electron chi connectivity index (χ2n) is 5.11. The Kier molecular flexibility index (Phi) is 3.94. The van der Waals surface area contributed by atoms with Gasteiger partial charge in [0.05, 0.1) is 12.4 Å². The van der Waals surface area contributed by atoms with Crippen molar-refractivity contribution in [3.05, 3.63) is 48.0 Å². The van der Waals surface area contributed by atoms with Gasteiger partial charge in [-0.3, -0.25) is 0 Å². The Bertz CT molecular complexity index is 542. The number of hydrogen-bond donors (Lipinski definition) is 1. The van der Waals surface area contributed by atoms with Gasteiger partial charge < -0.3 is 14.4 Å². The van der Waals surface area contributed by atoms with Crippen molar-refractivity contribution in [1.82, 2.24) is 9.55 Å². The Hall–Kier alpha value is -1.52. The summed E-state index contributed by atoms with van der Waals surface area (Å²) in [6.07, 6.45) is 7.46. The molecule has 3 rings (SSSR count). The Morgan fingerprint density at radius 3 is 2.75 bits per heavy atom. The van der Waals surface area contributed by atoms with Crippen LogP contribution in [-0.4, -0.2) is 26.9 Å². The van der Waals surface area contributed by atoms with Crippen LogP contribution in [0.1, 0.15) is 25.3 Å². The summed E-state index contributed by atoms with van der Waals surface area (Å²) in [6.45, 7) is 0. The fourth-order valence-corrected chi connectivity index (χ4v) is 2.85. The summed E-state index contributed by atoms with van der Waals surface area (Å²) >= 11 is 5.86. The summed E-state index contributed by atoms with van der Waals surface area (Å²) in [7, 11) is 0. The van der Waals surface area contributed by atoms with E-state index in [1.807, 2.05) is 22.9 Å². The molecule has 0 spiro atoms. The zero-order valence-corrected chi connectivity index (χ0v) is 11.8. The monoisotopic (exact) mass is 292 g/mol. The van der Waals surface area contributed by atoms with Crippen molar-refractivity contribution in [2.45, 2.75) is 37.5 Å². The number of benzene rings is 1. The first-order chi connectivity index (χ1) is 9.74. The molecular weight excluding hydrogens is 276 g/mol. The summed E-state index contributed by atoms with van der Waals surface area (Å²) in [4.78, 5) is 4.05. The van der Waals surface area contributed by atoms with Crippen LogP contribution in [0.3, 0.4) is 0 Å². The molecule has 2 aromatic rings. The minimum Gasteiger partial charge on any atom is -0.488 e. The highest BCUT2D eigenvalue weighted by Gasteiger charge is 2.34. The zero-order chi connectivity index (χ0) is 13.9. The third kappa shape index (κ3) is 2.81. The smallest absolute Gasteiger partial charge is 0.127 e. The van der Waals surface area contributed by atoms with Gasteiger partial charge in [-0.25, -0.2) is 4.98 Å². The Balaban J connectivity index is 1.71. The number of rotatable bonds is 3. The van der Waals surface area contributed by atoms with Gasteiger partial charge in [-0.1, -0.05) is 11.6 Å². The maximum absolute atomic E-state index is 10.5. The average Bonchev–Trinajstić information content (AvgIpc) is 2.97. The summed E-state index contributed by atoms with van der Waals surface area (Å²) in [6, 6.07) is 7.27. The highest BCUT2D eigenvalue weighted by molar-refractivity contribution is 6.30. The molecule has 1 aliphatic carbocycles. The van der Waals surface area contributed by atoms with Crippen LogP contribution in [0.2, 0.25) is 5.02 Å². The molecule has 1 fully saturated rings. The number of halogens is 1. The first kappa shape index (κ1) is 13.5. The van der Waals surface area contributed by atoms with Crippen LogP contribution in [0.4, 0.5) is 0 Å². The highest BCUT2D eigenvalue weighted by Crippen LogP contribution is 2.31. The molecule has 1 saturated carbocycles. The molecule has 1 aliphatic rings. The maximum Gasteiger partial charge on any atom is 0.127 e. The molecule has 106 valence electrons. The van der Waals surface area contributed by atoms with E-state index in [-0.39, 0.29) is 12.1 Å². The number of aliphatic hydroxyl groups excluding tert-OH is 1. The third-order valence-corrected chi connectivity index (χ3v) is 4.02. The van der Waals surface area contributed by atoms with Gasteiger partial charge in [0.2, 0.25) is 0 Å². The van der Waals surface area contributed by atoms with Crippen LogP contribution in [0.25, 0.3) is 0 Å². The van der Waals surface area contributed by atoms with E-state index in [2.05, 4.69) is 4.98 Å². The molecule has 4 nitrogen and oxygen atoms in total. The molecule has 0 amide bonds. The quantitative estimate of drug-likeness (QED) is 0.946. The number of aromatic nitrogens is 2. The largest absolute Gasteiger partial charge is 0.488 e. The van der Waals surface area contributed by atoms with Crippen molar-refractivity contribution in [3.8, 4) is 5.75 Å². The summed E-state index contributed by atoms with van der Waals surface area (Å²) in [5.74, 6) is 0.740. The molecule has 1 aromatic heterocycles. The minimum atomic E-state index is -0.534. The van der Waals surface area contributed by atoms with Crippen LogP contribution in [0, 0.1) is 0 Å². The second kappa shape index (κ2) is 5.85. The number of imidazole rings is 1. The standard InChI is InChI=1S/C15H17ClN2O2/c16-11-4-6-12(7-5-11)20-14-3-1-2-13(15(14)19)18-9-8-17-10-18/h4-10,13-15,19H,1-3H2/t13-,14+,15+/m0/s1. The van der Waals surface area contributed by atoms with Crippen LogP contribution >= 0.6 is 11.6 Å². The predicted molar refractivity (Wildman–Crippen MR) is 77.0 cm³/mol. The van der Waals surface area contributed by atoms with Crippen molar-refractivity contribution in [1.29, 1.82) is 0 Å². The average molecular weight is 293 g/mol. The van der Waals surface area contributed by atoms with Crippen molar-refractivity contribution >= 4 is 11.6 Å². The lowest BCUT2D eigenvalue weighted by molar-refractivity contribution is -0.0261. The molecule has 1 heterocycles. The molecular formula is C15H17ClN2O2. The Morgan fingerprint density at radius 2 is 2.05 bits per heavy atom. The first-order valence-corrected chi connectivity index (χ1v) is 7.19. The van der Waals surface area contributed by atoms with E-state index in [9.17, 15) is 5.11 Å². The van der Waals surface area contributed by atoms with Crippen molar-refractivity contribution in [2.24, 2.45) is 0 Å². The lowest BCUT2D eigenvalue weighted by atomic mass is 9.89. The van der Waals surface area contributed by atoms with E-state index in [0.717, 1.165) is 25.0 Å². The van der Waals surface area contributed by atoms with Crippen LogP contribution < -0.4 is 4.74 Å². The summed E-state index contributed by atoms with van der Waals surface area (Å²) in [5.41, 5.74) is 0. The van der Waals surface area contributed by atoms with Crippen LogP contribution in [0.15, 0.2) is 43.0 Å². The number of hydrogen-bond acceptors (Lipinski definition) is 3. The normalized spacial score (nSPS) is 26.4. The van der Waals surface area contributed by atoms with E-state index >= 15 is 0 Å². The van der Waals surface area contributed by atoms with Gasteiger partial charge in [-0.05, 0) is 43.5 Å². The molecule has 20 heavy (non-hydrogen) atoms. The maximum atomic E-state index is 10.5. The van der Waals surface area contributed by atoms with Crippen molar-refractivity contribution < 1.29 is 9.84 Å². The zero-order valence-electron chi connectivity index (χ0n) is 11.0. The molecule has 5 heteroatoms. The molecule has 0 aliphatic heterocycles. The molecule has 3 atom stereocenters. The molecule has 0 bridgehead atoms. The Morgan fingerprint density at radius 1 is 1.25 bits per heavy atom. The molecule has 0 radical (unpaired) electrons. The molecule has 0 saturated heterocycles.